The fraction of sp³-hybridized carbons (Fsp3) is 0.273. The molecule has 2 N–H and O–H groups in total. The molecular formula is C11H12ClNO3. The molecule has 0 saturated carbocycles. The Bertz CT molecular complexity index is 389. The van der Waals surface area contributed by atoms with E-state index in [1.165, 1.54) is 0 Å². The number of nitrogens with one attached hydrogen (secondary N) is 1. The lowest BCUT2D eigenvalue weighted by Crippen LogP contribution is -2.34. The van der Waals surface area contributed by atoms with Crippen molar-refractivity contribution in [2.45, 2.75) is 19.4 Å². The van der Waals surface area contributed by atoms with Crippen molar-refractivity contribution in [2.75, 3.05) is 0 Å². The summed E-state index contributed by atoms with van der Waals surface area (Å²) < 4.78 is 0. The van der Waals surface area contributed by atoms with Crippen LogP contribution in [0.1, 0.15) is 23.7 Å². The third-order valence-electron chi connectivity index (χ3n) is 1.96. The van der Waals surface area contributed by atoms with E-state index >= 15 is 0 Å². The number of hydrogen-bond donors (Lipinski definition) is 2. The molecular weight excluding hydrogens is 230 g/mol. The predicted molar refractivity (Wildman–Crippen MR) is 60.6 cm³/mol. The van der Waals surface area contributed by atoms with Crippen LogP contribution in [0.5, 0.6) is 0 Å². The number of hydrogen-bond acceptors (Lipinski definition) is 2. The standard InChI is InChI=1S/C11H12ClNO3/c1-7(6-10(14)15)13-11(16)8-2-4-9(12)5-3-8/h2-5,7H,6H2,1H3,(H,13,16)(H,14,15). The average Bonchev–Trinajstić information content (AvgIpc) is 2.16. The molecule has 0 aliphatic rings. The minimum Gasteiger partial charge on any atom is -0.481 e. The summed E-state index contributed by atoms with van der Waals surface area (Å²) in [6.45, 7) is 1.64. The Morgan fingerprint density at radius 1 is 1.38 bits per heavy atom. The maximum absolute atomic E-state index is 11.6. The predicted octanol–water partition coefficient (Wildman–Crippen LogP) is 1.93. The van der Waals surface area contributed by atoms with Crippen LogP contribution < -0.4 is 5.32 Å². The number of aliphatic carboxylic acids is 1. The number of carboxylic acids is 1. The van der Waals surface area contributed by atoms with Crippen molar-refractivity contribution in [1.82, 2.24) is 5.32 Å². The van der Waals surface area contributed by atoms with Crippen LogP contribution in [0.3, 0.4) is 0 Å². The summed E-state index contributed by atoms with van der Waals surface area (Å²) in [4.78, 5) is 22.0. The van der Waals surface area contributed by atoms with Crippen LogP contribution in [-0.4, -0.2) is 23.0 Å². The van der Waals surface area contributed by atoms with Gasteiger partial charge in [-0.25, -0.2) is 0 Å². The van der Waals surface area contributed by atoms with Crippen molar-refractivity contribution < 1.29 is 14.7 Å². The minimum atomic E-state index is -0.941. The highest BCUT2D eigenvalue weighted by atomic mass is 35.5. The molecule has 0 saturated heterocycles. The van der Waals surface area contributed by atoms with Crippen molar-refractivity contribution in [2.24, 2.45) is 0 Å². The maximum Gasteiger partial charge on any atom is 0.305 e. The number of amides is 1. The van der Waals surface area contributed by atoms with Gasteiger partial charge in [-0.05, 0) is 31.2 Å². The van der Waals surface area contributed by atoms with E-state index in [1.807, 2.05) is 0 Å². The zero-order valence-corrected chi connectivity index (χ0v) is 9.49. The highest BCUT2D eigenvalue weighted by Gasteiger charge is 2.12. The van der Waals surface area contributed by atoms with Gasteiger partial charge in [-0.3, -0.25) is 9.59 Å². The van der Waals surface area contributed by atoms with Crippen LogP contribution in [0.15, 0.2) is 24.3 Å². The second-order valence-corrected chi connectivity index (χ2v) is 3.92. The Labute approximate surface area is 98.2 Å². The van der Waals surface area contributed by atoms with Crippen LogP contribution in [0.2, 0.25) is 5.02 Å². The monoisotopic (exact) mass is 241 g/mol. The van der Waals surface area contributed by atoms with Crippen molar-refractivity contribution in [3.63, 3.8) is 0 Å². The molecule has 4 nitrogen and oxygen atoms in total. The molecule has 0 heterocycles. The van der Waals surface area contributed by atoms with Gasteiger partial charge in [0.15, 0.2) is 0 Å². The Morgan fingerprint density at radius 2 is 1.94 bits per heavy atom. The number of carboxylic acid groups (broad SMARTS) is 1. The minimum absolute atomic E-state index is 0.0979. The second kappa shape index (κ2) is 5.51. The normalized spacial score (nSPS) is 11.9. The molecule has 1 aromatic carbocycles. The Kier molecular flexibility index (Phi) is 4.31. The van der Waals surface area contributed by atoms with Crippen LogP contribution in [-0.2, 0) is 4.79 Å². The summed E-state index contributed by atoms with van der Waals surface area (Å²) in [7, 11) is 0. The van der Waals surface area contributed by atoms with E-state index in [2.05, 4.69) is 5.32 Å². The van der Waals surface area contributed by atoms with Gasteiger partial charge in [0.1, 0.15) is 0 Å². The molecule has 0 radical (unpaired) electrons. The van der Waals surface area contributed by atoms with E-state index in [-0.39, 0.29) is 12.3 Å². The molecule has 1 atom stereocenters. The smallest absolute Gasteiger partial charge is 0.305 e. The molecule has 5 heteroatoms. The molecule has 0 bridgehead atoms. The number of benzene rings is 1. The molecule has 0 aromatic heterocycles. The average molecular weight is 242 g/mol. The van der Waals surface area contributed by atoms with E-state index in [1.54, 1.807) is 31.2 Å². The second-order valence-electron chi connectivity index (χ2n) is 3.48. The summed E-state index contributed by atoms with van der Waals surface area (Å²) in [6, 6.07) is 5.99. The summed E-state index contributed by atoms with van der Waals surface area (Å²) in [5.74, 6) is -1.24. The van der Waals surface area contributed by atoms with Crippen molar-refractivity contribution in [1.29, 1.82) is 0 Å². The van der Waals surface area contributed by atoms with Gasteiger partial charge < -0.3 is 10.4 Å². The SMILES string of the molecule is CC(CC(=O)O)NC(=O)c1ccc(Cl)cc1. The van der Waals surface area contributed by atoms with Crippen LogP contribution in [0.25, 0.3) is 0 Å². The first-order valence-corrected chi connectivity index (χ1v) is 5.15. The van der Waals surface area contributed by atoms with Crippen LogP contribution in [0.4, 0.5) is 0 Å². The fourth-order valence-electron chi connectivity index (χ4n) is 1.22. The molecule has 1 unspecified atom stereocenters. The van der Waals surface area contributed by atoms with Crippen LogP contribution >= 0.6 is 11.6 Å². The van der Waals surface area contributed by atoms with Gasteiger partial charge >= 0.3 is 5.97 Å². The van der Waals surface area contributed by atoms with Crippen molar-refractivity contribution >= 4 is 23.5 Å². The lowest BCUT2D eigenvalue weighted by atomic mass is 10.2. The molecule has 86 valence electrons. The molecule has 0 aliphatic carbocycles. The Morgan fingerprint density at radius 3 is 2.44 bits per heavy atom. The fourth-order valence-corrected chi connectivity index (χ4v) is 1.35. The molecule has 1 aromatic rings. The highest BCUT2D eigenvalue weighted by Crippen LogP contribution is 2.09. The lowest BCUT2D eigenvalue weighted by Gasteiger charge is -2.11. The first-order chi connectivity index (χ1) is 7.49. The van der Waals surface area contributed by atoms with E-state index in [4.69, 9.17) is 16.7 Å². The van der Waals surface area contributed by atoms with Gasteiger partial charge in [0.2, 0.25) is 0 Å². The van der Waals surface area contributed by atoms with Gasteiger partial charge in [-0.15, -0.1) is 0 Å². The molecule has 1 amide bonds. The van der Waals surface area contributed by atoms with E-state index < -0.39 is 12.0 Å². The largest absolute Gasteiger partial charge is 0.481 e. The van der Waals surface area contributed by atoms with Gasteiger partial charge in [0, 0.05) is 16.6 Å². The summed E-state index contributed by atoms with van der Waals surface area (Å²) in [6.07, 6.45) is -0.0979. The zero-order valence-electron chi connectivity index (χ0n) is 8.74. The van der Waals surface area contributed by atoms with Gasteiger partial charge in [-0.2, -0.15) is 0 Å². The number of rotatable bonds is 4. The third-order valence-corrected chi connectivity index (χ3v) is 2.22. The molecule has 0 aliphatic heterocycles. The molecule has 0 spiro atoms. The van der Waals surface area contributed by atoms with Gasteiger partial charge in [-0.1, -0.05) is 11.6 Å². The van der Waals surface area contributed by atoms with Gasteiger partial charge in [0.25, 0.3) is 5.91 Å². The first kappa shape index (κ1) is 12.5. The highest BCUT2D eigenvalue weighted by molar-refractivity contribution is 6.30. The number of carbonyl (C=O) groups is 2. The first-order valence-electron chi connectivity index (χ1n) is 4.77. The van der Waals surface area contributed by atoms with Crippen LogP contribution in [0, 0.1) is 0 Å². The van der Waals surface area contributed by atoms with E-state index in [0.717, 1.165) is 0 Å². The lowest BCUT2D eigenvalue weighted by molar-refractivity contribution is -0.137. The van der Waals surface area contributed by atoms with Crippen molar-refractivity contribution in [3.05, 3.63) is 34.9 Å². The zero-order chi connectivity index (χ0) is 12.1. The summed E-state index contributed by atoms with van der Waals surface area (Å²) >= 11 is 5.68. The summed E-state index contributed by atoms with van der Waals surface area (Å²) in [5.41, 5.74) is 0.460. The molecule has 0 fully saturated rings. The third kappa shape index (κ3) is 3.90. The maximum atomic E-state index is 11.6. The summed E-state index contributed by atoms with van der Waals surface area (Å²) in [5, 5.41) is 11.7. The Hall–Kier alpha value is -1.55. The van der Waals surface area contributed by atoms with E-state index in [0.29, 0.717) is 10.6 Å². The van der Waals surface area contributed by atoms with Crippen molar-refractivity contribution in [3.8, 4) is 0 Å². The Balaban J connectivity index is 2.58. The number of carbonyl (C=O) groups excluding carboxylic acids is 1. The molecule has 1 rings (SSSR count). The quantitative estimate of drug-likeness (QED) is 0.847. The topological polar surface area (TPSA) is 66.4 Å². The molecule has 16 heavy (non-hydrogen) atoms. The van der Waals surface area contributed by atoms with Gasteiger partial charge in [0.05, 0.1) is 6.42 Å². The van der Waals surface area contributed by atoms with E-state index in [9.17, 15) is 9.59 Å². The number of halogens is 1.